The number of rotatable bonds is 7. The van der Waals surface area contributed by atoms with Crippen molar-refractivity contribution in [2.24, 2.45) is 0 Å². The molecular weight excluding hydrogens is 306 g/mol. The van der Waals surface area contributed by atoms with Crippen LogP contribution in [0.4, 0.5) is 5.13 Å². The molecule has 7 heteroatoms. The van der Waals surface area contributed by atoms with Gasteiger partial charge in [-0.25, -0.2) is 0 Å². The van der Waals surface area contributed by atoms with E-state index in [2.05, 4.69) is 29.4 Å². The van der Waals surface area contributed by atoms with Gasteiger partial charge in [0, 0.05) is 5.25 Å². The van der Waals surface area contributed by atoms with Crippen molar-refractivity contribution in [3.63, 3.8) is 0 Å². The van der Waals surface area contributed by atoms with E-state index in [4.69, 9.17) is 4.74 Å². The number of benzene rings is 1. The Kier molecular flexibility index (Phi) is 6.16. The first-order valence-electron chi connectivity index (χ1n) is 6.55. The average molecular weight is 323 g/mol. The monoisotopic (exact) mass is 323 g/mol. The van der Waals surface area contributed by atoms with Gasteiger partial charge < -0.3 is 4.74 Å². The predicted octanol–water partition coefficient (Wildman–Crippen LogP) is 3.19. The van der Waals surface area contributed by atoms with E-state index in [1.807, 2.05) is 30.3 Å². The number of amides is 1. The van der Waals surface area contributed by atoms with Crippen molar-refractivity contribution in [1.29, 1.82) is 0 Å². The zero-order chi connectivity index (χ0) is 15.1. The van der Waals surface area contributed by atoms with Gasteiger partial charge in [-0.1, -0.05) is 67.3 Å². The maximum absolute atomic E-state index is 11.7. The van der Waals surface area contributed by atoms with Gasteiger partial charge >= 0.3 is 0 Å². The molecule has 21 heavy (non-hydrogen) atoms. The summed E-state index contributed by atoms with van der Waals surface area (Å²) in [5, 5.41) is 11.6. The van der Waals surface area contributed by atoms with E-state index in [0.29, 0.717) is 17.0 Å². The van der Waals surface area contributed by atoms with E-state index in [1.165, 1.54) is 11.3 Å². The minimum Gasteiger partial charge on any atom is -0.367 e. The van der Waals surface area contributed by atoms with Gasteiger partial charge in [0.15, 0.2) is 4.34 Å². The lowest BCUT2D eigenvalue weighted by Crippen LogP contribution is -2.18. The van der Waals surface area contributed by atoms with Crippen molar-refractivity contribution in [1.82, 2.24) is 10.2 Å². The topological polar surface area (TPSA) is 64.1 Å². The molecule has 0 aliphatic heterocycles. The second-order valence-corrected chi connectivity index (χ2v) is 7.37. The number of nitrogens with zero attached hydrogens (tertiary/aromatic N) is 2. The molecule has 112 valence electrons. The van der Waals surface area contributed by atoms with E-state index in [1.54, 1.807) is 11.8 Å². The number of carbonyl (C=O) groups is 1. The van der Waals surface area contributed by atoms with Gasteiger partial charge in [-0.15, -0.1) is 10.2 Å². The van der Waals surface area contributed by atoms with Crippen molar-refractivity contribution in [2.45, 2.75) is 30.0 Å². The summed E-state index contributed by atoms with van der Waals surface area (Å²) >= 11 is 3.00. The molecular formula is C14H17N3O2S2. The summed E-state index contributed by atoms with van der Waals surface area (Å²) in [4.78, 5) is 11.7. The quantitative estimate of drug-likeness (QED) is 0.626. The second kappa shape index (κ2) is 8.11. The van der Waals surface area contributed by atoms with E-state index in [0.717, 1.165) is 9.90 Å². The van der Waals surface area contributed by atoms with Gasteiger partial charge in [0.25, 0.3) is 5.91 Å². The number of hydrogen-bond acceptors (Lipinski definition) is 6. The number of hydrogen-bond donors (Lipinski definition) is 1. The van der Waals surface area contributed by atoms with Crippen molar-refractivity contribution in [3.8, 4) is 0 Å². The van der Waals surface area contributed by atoms with Crippen molar-refractivity contribution >= 4 is 34.1 Å². The molecule has 0 unspecified atom stereocenters. The number of ether oxygens (including phenoxy) is 1. The van der Waals surface area contributed by atoms with E-state index < -0.39 is 0 Å². The Morgan fingerprint density at radius 1 is 1.33 bits per heavy atom. The summed E-state index contributed by atoms with van der Waals surface area (Å²) in [5.41, 5.74) is 1.04. The Bertz CT molecular complexity index is 573. The first-order chi connectivity index (χ1) is 10.1. The Balaban J connectivity index is 1.73. The average Bonchev–Trinajstić information content (AvgIpc) is 2.86. The molecule has 1 amide bonds. The Morgan fingerprint density at radius 2 is 2.10 bits per heavy atom. The normalized spacial score (nSPS) is 10.8. The third-order valence-corrected chi connectivity index (χ3v) is 4.26. The molecule has 1 aromatic carbocycles. The summed E-state index contributed by atoms with van der Waals surface area (Å²) in [6.45, 7) is 4.59. The molecule has 0 aliphatic carbocycles. The van der Waals surface area contributed by atoms with Crippen molar-refractivity contribution in [2.75, 3.05) is 11.9 Å². The Morgan fingerprint density at radius 3 is 2.81 bits per heavy atom. The molecule has 1 heterocycles. The van der Waals surface area contributed by atoms with Crippen molar-refractivity contribution < 1.29 is 9.53 Å². The number of anilines is 1. The number of nitrogens with one attached hydrogen (secondary N) is 1. The van der Waals surface area contributed by atoms with Crippen LogP contribution in [0.3, 0.4) is 0 Å². The van der Waals surface area contributed by atoms with Crippen LogP contribution in [-0.2, 0) is 16.1 Å². The smallest absolute Gasteiger partial charge is 0.252 e. The molecule has 0 fully saturated rings. The van der Waals surface area contributed by atoms with Gasteiger partial charge in [-0.2, -0.15) is 0 Å². The van der Waals surface area contributed by atoms with Crippen molar-refractivity contribution in [3.05, 3.63) is 35.9 Å². The highest BCUT2D eigenvalue weighted by molar-refractivity contribution is 8.01. The molecule has 0 saturated heterocycles. The maximum atomic E-state index is 11.7. The summed E-state index contributed by atoms with van der Waals surface area (Å²) in [7, 11) is 0. The molecule has 0 bridgehead atoms. The molecule has 1 aromatic heterocycles. The van der Waals surface area contributed by atoms with Crippen LogP contribution >= 0.6 is 23.1 Å². The van der Waals surface area contributed by atoms with E-state index in [-0.39, 0.29) is 12.5 Å². The molecule has 0 aliphatic rings. The third-order valence-electron chi connectivity index (χ3n) is 2.33. The first-order valence-corrected chi connectivity index (χ1v) is 8.25. The zero-order valence-corrected chi connectivity index (χ0v) is 13.5. The lowest BCUT2D eigenvalue weighted by molar-refractivity contribution is -0.121. The largest absolute Gasteiger partial charge is 0.367 e. The SMILES string of the molecule is CC(C)Sc1nnc(NC(=O)COCc2ccccc2)s1. The molecule has 0 radical (unpaired) electrons. The van der Waals surface area contributed by atoms with Crippen LogP contribution in [0.15, 0.2) is 34.7 Å². The second-order valence-electron chi connectivity index (χ2n) is 4.57. The lowest BCUT2D eigenvalue weighted by Gasteiger charge is -2.03. The van der Waals surface area contributed by atoms with E-state index in [9.17, 15) is 4.79 Å². The summed E-state index contributed by atoms with van der Waals surface area (Å²) in [6, 6.07) is 9.73. The summed E-state index contributed by atoms with van der Waals surface area (Å²) in [5.74, 6) is -0.219. The van der Waals surface area contributed by atoms with Gasteiger partial charge in [0.05, 0.1) is 6.61 Å². The minimum absolute atomic E-state index is 0.00112. The Labute approximate surface area is 132 Å². The van der Waals surface area contributed by atoms with Crippen LogP contribution < -0.4 is 5.32 Å². The fraction of sp³-hybridized carbons (Fsp3) is 0.357. The maximum Gasteiger partial charge on any atom is 0.252 e. The molecule has 1 N–H and O–H groups in total. The lowest BCUT2D eigenvalue weighted by atomic mass is 10.2. The summed E-state index contributed by atoms with van der Waals surface area (Å²) in [6.07, 6.45) is 0. The Hall–Kier alpha value is -1.44. The van der Waals surface area contributed by atoms with Gasteiger partial charge in [-0.3, -0.25) is 10.1 Å². The first kappa shape index (κ1) is 15.9. The zero-order valence-electron chi connectivity index (χ0n) is 11.9. The standard InChI is InChI=1S/C14H17N3O2S2/c1-10(2)20-14-17-16-13(21-14)15-12(18)9-19-8-11-6-4-3-5-7-11/h3-7,10H,8-9H2,1-2H3,(H,15,16,18). The van der Waals surface area contributed by atoms with Crippen LogP contribution in [0.2, 0.25) is 0 Å². The van der Waals surface area contributed by atoms with Gasteiger partial charge in [0.1, 0.15) is 6.61 Å². The fourth-order valence-electron chi connectivity index (χ4n) is 1.50. The fourth-order valence-corrected chi connectivity index (χ4v) is 3.49. The van der Waals surface area contributed by atoms with Crippen LogP contribution in [-0.4, -0.2) is 28.0 Å². The molecule has 0 spiro atoms. The highest BCUT2D eigenvalue weighted by Crippen LogP contribution is 2.28. The van der Waals surface area contributed by atoms with Crippen LogP contribution in [0.1, 0.15) is 19.4 Å². The highest BCUT2D eigenvalue weighted by atomic mass is 32.2. The number of thioether (sulfide) groups is 1. The summed E-state index contributed by atoms with van der Waals surface area (Å²) < 4.78 is 6.22. The third kappa shape index (κ3) is 5.82. The molecule has 2 aromatic rings. The number of carbonyl (C=O) groups excluding carboxylic acids is 1. The molecule has 2 rings (SSSR count). The number of aromatic nitrogens is 2. The van der Waals surface area contributed by atoms with Crippen LogP contribution in [0.5, 0.6) is 0 Å². The van der Waals surface area contributed by atoms with Crippen LogP contribution in [0.25, 0.3) is 0 Å². The molecule has 0 atom stereocenters. The van der Waals surface area contributed by atoms with Gasteiger partial charge in [-0.05, 0) is 5.56 Å². The van der Waals surface area contributed by atoms with E-state index >= 15 is 0 Å². The minimum atomic E-state index is -0.219. The van der Waals surface area contributed by atoms with Crippen LogP contribution in [0, 0.1) is 0 Å². The predicted molar refractivity (Wildman–Crippen MR) is 85.6 cm³/mol. The highest BCUT2D eigenvalue weighted by Gasteiger charge is 2.09. The van der Waals surface area contributed by atoms with Gasteiger partial charge in [0.2, 0.25) is 5.13 Å². The molecule has 5 nitrogen and oxygen atoms in total. The molecule has 0 saturated carbocycles.